The number of rotatable bonds is 7. The molecule has 1 aliphatic carbocycles. The van der Waals surface area contributed by atoms with Crippen LogP contribution in [0, 0.1) is 0 Å². The summed E-state index contributed by atoms with van der Waals surface area (Å²) in [6.07, 6.45) is 2.77. The van der Waals surface area contributed by atoms with Crippen LogP contribution in [0.4, 0.5) is 5.69 Å². The topological polar surface area (TPSA) is 101 Å². The molecule has 1 aromatic carbocycles. The highest BCUT2D eigenvalue weighted by Gasteiger charge is 2.27. The maximum Gasteiger partial charge on any atom is 0.240 e. The molecule has 4 N–H and O–H groups in total. The first-order valence-corrected chi connectivity index (χ1v) is 8.57. The van der Waals surface area contributed by atoms with Gasteiger partial charge in [0, 0.05) is 24.2 Å². The van der Waals surface area contributed by atoms with Crippen LogP contribution in [0.1, 0.15) is 32.6 Å². The van der Waals surface area contributed by atoms with Crippen LogP contribution in [0.2, 0.25) is 0 Å². The van der Waals surface area contributed by atoms with Crippen molar-refractivity contribution in [1.29, 1.82) is 0 Å². The molecule has 0 spiro atoms. The van der Waals surface area contributed by atoms with Crippen molar-refractivity contribution in [3.8, 4) is 0 Å². The monoisotopic (exact) mass is 311 g/mol. The smallest absolute Gasteiger partial charge is 0.240 e. The molecule has 0 heterocycles. The van der Waals surface area contributed by atoms with Crippen LogP contribution < -0.4 is 15.8 Å². The first kappa shape index (κ1) is 15.9. The van der Waals surface area contributed by atoms with E-state index in [4.69, 9.17) is 5.73 Å². The van der Waals surface area contributed by atoms with Gasteiger partial charge in [-0.15, -0.1) is 0 Å². The Kier molecular flexibility index (Phi) is 4.97. The Balaban J connectivity index is 1.96. The molecule has 1 unspecified atom stereocenters. The number of carbonyl (C=O) groups is 1. The summed E-state index contributed by atoms with van der Waals surface area (Å²) in [4.78, 5) is 11.9. The lowest BCUT2D eigenvalue weighted by molar-refractivity contribution is -0.116. The summed E-state index contributed by atoms with van der Waals surface area (Å²) in [5, 5.41) is 2.70. The molecular formula is C14H21N3O3S. The molecule has 0 aliphatic heterocycles. The van der Waals surface area contributed by atoms with E-state index in [0.717, 1.165) is 19.3 Å². The molecule has 0 saturated heterocycles. The number of hydrogen-bond acceptors (Lipinski definition) is 4. The highest BCUT2D eigenvalue weighted by Crippen LogP contribution is 2.22. The molecule has 1 saturated carbocycles. The van der Waals surface area contributed by atoms with E-state index in [9.17, 15) is 13.2 Å². The number of sulfonamides is 1. The second kappa shape index (κ2) is 6.55. The van der Waals surface area contributed by atoms with Crippen LogP contribution in [0.15, 0.2) is 29.2 Å². The maximum absolute atomic E-state index is 12.0. The fourth-order valence-corrected chi connectivity index (χ4v) is 3.11. The van der Waals surface area contributed by atoms with Gasteiger partial charge in [-0.3, -0.25) is 4.79 Å². The Morgan fingerprint density at radius 3 is 2.48 bits per heavy atom. The van der Waals surface area contributed by atoms with Gasteiger partial charge in [-0.25, -0.2) is 13.1 Å². The molecular weight excluding hydrogens is 290 g/mol. The van der Waals surface area contributed by atoms with Crippen molar-refractivity contribution in [2.75, 3.05) is 5.32 Å². The van der Waals surface area contributed by atoms with Gasteiger partial charge in [0.15, 0.2) is 0 Å². The molecule has 2 rings (SSSR count). The minimum Gasteiger partial charge on any atom is -0.327 e. The Hall–Kier alpha value is -1.44. The standard InChI is InChI=1S/C14H21N3O3S/c1-2-10(15)9-14(18)16-11-5-7-13(8-6-11)21(19,20)17-12-3-4-12/h5-8,10,12,17H,2-4,9,15H2,1H3,(H,16,18). The van der Waals surface area contributed by atoms with Crippen molar-refractivity contribution >= 4 is 21.6 Å². The Bertz CT molecular complexity index is 594. The van der Waals surface area contributed by atoms with E-state index in [1.807, 2.05) is 6.92 Å². The lowest BCUT2D eigenvalue weighted by Crippen LogP contribution is -2.26. The van der Waals surface area contributed by atoms with E-state index in [1.165, 1.54) is 12.1 Å². The van der Waals surface area contributed by atoms with Gasteiger partial charge in [-0.2, -0.15) is 0 Å². The number of benzene rings is 1. The van der Waals surface area contributed by atoms with Crippen molar-refractivity contribution in [2.45, 2.75) is 49.6 Å². The quantitative estimate of drug-likeness (QED) is 0.704. The summed E-state index contributed by atoms with van der Waals surface area (Å²) in [6, 6.07) is 6.05. The van der Waals surface area contributed by atoms with E-state index >= 15 is 0 Å². The summed E-state index contributed by atoms with van der Waals surface area (Å²) in [6.45, 7) is 1.92. The van der Waals surface area contributed by atoms with Gasteiger partial charge in [0.2, 0.25) is 15.9 Å². The van der Waals surface area contributed by atoms with Gasteiger partial charge in [-0.05, 0) is 43.5 Å². The normalized spacial score (nSPS) is 16.5. The van der Waals surface area contributed by atoms with E-state index in [-0.39, 0.29) is 29.3 Å². The van der Waals surface area contributed by atoms with E-state index < -0.39 is 10.0 Å². The molecule has 6 nitrogen and oxygen atoms in total. The summed E-state index contributed by atoms with van der Waals surface area (Å²) in [5.41, 5.74) is 6.28. The summed E-state index contributed by atoms with van der Waals surface area (Å²) >= 11 is 0. The third-order valence-corrected chi connectivity index (χ3v) is 4.86. The van der Waals surface area contributed by atoms with Gasteiger partial charge >= 0.3 is 0 Å². The Labute approximate surface area is 125 Å². The summed E-state index contributed by atoms with van der Waals surface area (Å²) < 4.78 is 26.6. The minimum atomic E-state index is -3.45. The average molecular weight is 311 g/mol. The number of carbonyl (C=O) groups excluding carboxylic acids is 1. The summed E-state index contributed by atoms with van der Waals surface area (Å²) in [7, 11) is -3.45. The van der Waals surface area contributed by atoms with Gasteiger partial charge in [0.05, 0.1) is 4.90 Å². The predicted molar refractivity (Wildman–Crippen MR) is 81.3 cm³/mol. The second-order valence-corrected chi connectivity index (χ2v) is 7.05. The zero-order valence-corrected chi connectivity index (χ0v) is 12.8. The third-order valence-electron chi connectivity index (χ3n) is 3.32. The fourth-order valence-electron chi connectivity index (χ4n) is 1.80. The van der Waals surface area contributed by atoms with E-state index in [1.54, 1.807) is 12.1 Å². The van der Waals surface area contributed by atoms with Crippen LogP contribution in [0.25, 0.3) is 0 Å². The van der Waals surface area contributed by atoms with E-state index in [2.05, 4.69) is 10.0 Å². The fraction of sp³-hybridized carbons (Fsp3) is 0.500. The van der Waals surface area contributed by atoms with Crippen LogP contribution >= 0.6 is 0 Å². The molecule has 0 aromatic heterocycles. The average Bonchev–Trinajstić information content (AvgIpc) is 3.22. The van der Waals surface area contributed by atoms with Crippen LogP contribution in [0.5, 0.6) is 0 Å². The van der Waals surface area contributed by atoms with Crippen LogP contribution in [-0.4, -0.2) is 26.4 Å². The van der Waals surface area contributed by atoms with Gasteiger partial charge in [0.1, 0.15) is 0 Å². The molecule has 7 heteroatoms. The highest BCUT2D eigenvalue weighted by atomic mass is 32.2. The predicted octanol–water partition coefficient (Wildman–Crippen LogP) is 1.19. The van der Waals surface area contributed by atoms with Gasteiger partial charge in [-0.1, -0.05) is 6.92 Å². The lowest BCUT2D eigenvalue weighted by atomic mass is 10.1. The first-order chi connectivity index (χ1) is 9.90. The zero-order valence-electron chi connectivity index (χ0n) is 12.0. The van der Waals surface area contributed by atoms with Crippen LogP contribution in [-0.2, 0) is 14.8 Å². The van der Waals surface area contributed by atoms with Crippen molar-refractivity contribution in [1.82, 2.24) is 4.72 Å². The highest BCUT2D eigenvalue weighted by molar-refractivity contribution is 7.89. The number of nitrogens with one attached hydrogen (secondary N) is 2. The molecule has 1 atom stereocenters. The number of nitrogens with two attached hydrogens (primary N) is 1. The van der Waals surface area contributed by atoms with Crippen molar-refractivity contribution < 1.29 is 13.2 Å². The number of anilines is 1. The van der Waals surface area contributed by atoms with E-state index in [0.29, 0.717) is 5.69 Å². The Morgan fingerprint density at radius 1 is 1.33 bits per heavy atom. The number of amides is 1. The lowest BCUT2D eigenvalue weighted by Gasteiger charge is -2.10. The second-order valence-electron chi connectivity index (χ2n) is 5.34. The largest absolute Gasteiger partial charge is 0.327 e. The molecule has 1 fully saturated rings. The first-order valence-electron chi connectivity index (χ1n) is 7.08. The minimum absolute atomic E-state index is 0.0740. The molecule has 0 bridgehead atoms. The van der Waals surface area contributed by atoms with Gasteiger partial charge < -0.3 is 11.1 Å². The number of hydrogen-bond donors (Lipinski definition) is 3. The van der Waals surface area contributed by atoms with Crippen molar-refractivity contribution in [2.24, 2.45) is 5.73 Å². The molecule has 1 aliphatic rings. The molecule has 0 radical (unpaired) electrons. The maximum atomic E-state index is 12.0. The van der Waals surface area contributed by atoms with Crippen molar-refractivity contribution in [3.05, 3.63) is 24.3 Å². The SMILES string of the molecule is CCC(N)CC(=O)Nc1ccc(S(=O)(=O)NC2CC2)cc1. The molecule has 116 valence electrons. The zero-order chi connectivity index (χ0) is 15.5. The van der Waals surface area contributed by atoms with Gasteiger partial charge in [0.25, 0.3) is 0 Å². The third kappa shape index (κ3) is 4.80. The molecule has 21 heavy (non-hydrogen) atoms. The molecule has 1 aromatic rings. The van der Waals surface area contributed by atoms with Crippen molar-refractivity contribution in [3.63, 3.8) is 0 Å². The summed E-state index contributed by atoms with van der Waals surface area (Å²) in [5.74, 6) is -0.170. The Morgan fingerprint density at radius 2 is 1.95 bits per heavy atom. The van der Waals surface area contributed by atoms with Crippen LogP contribution in [0.3, 0.4) is 0 Å². The molecule has 1 amide bonds.